The first-order chi connectivity index (χ1) is 16.8. The molecule has 4 atom stereocenters. The fourth-order valence-corrected chi connectivity index (χ4v) is 3.38. The Morgan fingerprint density at radius 1 is 0.861 bits per heavy atom. The number of carboxylic acid groups (broad SMARTS) is 1. The summed E-state index contributed by atoms with van der Waals surface area (Å²) < 4.78 is 0. The van der Waals surface area contributed by atoms with Crippen LogP contribution in [0.25, 0.3) is 0 Å². The highest BCUT2D eigenvalue weighted by Gasteiger charge is 2.27. The molecule has 4 amide bonds. The maximum Gasteiger partial charge on any atom is 0.326 e. The zero-order valence-corrected chi connectivity index (χ0v) is 21.5. The smallest absolute Gasteiger partial charge is 0.326 e. The van der Waals surface area contributed by atoms with E-state index in [0.717, 1.165) is 5.56 Å². The molecule has 1 aromatic rings. The molecule has 0 unspecified atom stereocenters. The van der Waals surface area contributed by atoms with E-state index in [0.29, 0.717) is 12.8 Å². The zero-order chi connectivity index (χ0) is 27.4. The molecule has 11 heteroatoms. The molecule has 0 aromatic heterocycles. The molecular formula is C25H39N5O6. The van der Waals surface area contributed by atoms with E-state index in [1.54, 1.807) is 13.8 Å². The van der Waals surface area contributed by atoms with E-state index in [1.807, 2.05) is 44.2 Å². The Labute approximate surface area is 212 Å². The molecule has 0 aliphatic rings. The van der Waals surface area contributed by atoms with E-state index in [-0.39, 0.29) is 11.8 Å². The van der Waals surface area contributed by atoms with Crippen molar-refractivity contribution in [1.82, 2.24) is 21.3 Å². The SMILES string of the molecule is CC(C)C[C@H](NC(=O)[C@@H](N)Cc1ccccc1)C(=O)NCC(=O)N[C@@H](C)C(=O)N[C@H](C(=O)O)C(C)C. The Kier molecular flexibility index (Phi) is 12.6. The van der Waals surface area contributed by atoms with Gasteiger partial charge in [0.15, 0.2) is 0 Å². The molecule has 0 bridgehead atoms. The largest absolute Gasteiger partial charge is 0.480 e. The number of carboxylic acids is 1. The van der Waals surface area contributed by atoms with Crippen LogP contribution in [0.15, 0.2) is 30.3 Å². The average Bonchev–Trinajstić information content (AvgIpc) is 2.80. The van der Waals surface area contributed by atoms with Gasteiger partial charge in [-0.1, -0.05) is 58.0 Å². The van der Waals surface area contributed by atoms with Crippen LogP contribution < -0.4 is 27.0 Å². The third-order valence-electron chi connectivity index (χ3n) is 5.40. The van der Waals surface area contributed by atoms with Gasteiger partial charge in [0.2, 0.25) is 23.6 Å². The van der Waals surface area contributed by atoms with E-state index in [2.05, 4.69) is 21.3 Å². The number of rotatable bonds is 14. The minimum atomic E-state index is -1.18. The van der Waals surface area contributed by atoms with Gasteiger partial charge < -0.3 is 32.1 Å². The van der Waals surface area contributed by atoms with Crippen LogP contribution in [0.2, 0.25) is 0 Å². The summed E-state index contributed by atoms with van der Waals surface area (Å²) in [6, 6.07) is 5.42. The van der Waals surface area contributed by atoms with Gasteiger partial charge in [0.25, 0.3) is 0 Å². The van der Waals surface area contributed by atoms with Crippen LogP contribution >= 0.6 is 0 Å². The number of nitrogens with two attached hydrogens (primary N) is 1. The Morgan fingerprint density at radius 3 is 2.00 bits per heavy atom. The third kappa shape index (κ3) is 10.9. The molecule has 0 aliphatic heterocycles. The van der Waals surface area contributed by atoms with Gasteiger partial charge in [-0.2, -0.15) is 0 Å². The van der Waals surface area contributed by atoms with Gasteiger partial charge in [-0.05, 0) is 37.2 Å². The number of hydrogen-bond acceptors (Lipinski definition) is 6. The maximum atomic E-state index is 12.7. The summed E-state index contributed by atoms with van der Waals surface area (Å²) in [6.07, 6.45) is 0.645. The van der Waals surface area contributed by atoms with Gasteiger partial charge in [-0.15, -0.1) is 0 Å². The summed E-state index contributed by atoms with van der Waals surface area (Å²) in [5.41, 5.74) is 6.91. The predicted octanol–water partition coefficient (Wildman–Crippen LogP) is -0.0664. The van der Waals surface area contributed by atoms with Crippen LogP contribution in [0.5, 0.6) is 0 Å². The second kappa shape index (κ2) is 14.8. The normalized spacial score (nSPS) is 14.3. The lowest BCUT2D eigenvalue weighted by molar-refractivity contribution is -0.143. The summed E-state index contributed by atoms with van der Waals surface area (Å²) in [4.78, 5) is 61.1. The van der Waals surface area contributed by atoms with Gasteiger partial charge in [0.05, 0.1) is 12.6 Å². The number of hydrogen-bond donors (Lipinski definition) is 6. The predicted molar refractivity (Wildman–Crippen MR) is 135 cm³/mol. The summed E-state index contributed by atoms with van der Waals surface area (Å²) in [5.74, 6) is -3.78. The second-order valence-electron chi connectivity index (χ2n) is 9.56. The van der Waals surface area contributed by atoms with Crippen LogP contribution in [0, 0.1) is 11.8 Å². The minimum absolute atomic E-state index is 0.0760. The molecule has 0 radical (unpaired) electrons. The van der Waals surface area contributed by atoms with Crippen molar-refractivity contribution in [3.8, 4) is 0 Å². The fourth-order valence-electron chi connectivity index (χ4n) is 3.38. The molecular weight excluding hydrogens is 466 g/mol. The van der Waals surface area contributed by atoms with Crippen molar-refractivity contribution in [2.24, 2.45) is 17.6 Å². The summed E-state index contributed by atoms with van der Waals surface area (Å²) >= 11 is 0. The van der Waals surface area contributed by atoms with E-state index in [4.69, 9.17) is 5.73 Å². The highest BCUT2D eigenvalue weighted by atomic mass is 16.4. The van der Waals surface area contributed by atoms with E-state index in [9.17, 15) is 29.1 Å². The van der Waals surface area contributed by atoms with Crippen LogP contribution in [-0.4, -0.2) is 65.4 Å². The number of aliphatic carboxylic acids is 1. The molecule has 1 aromatic carbocycles. The van der Waals surface area contributed by atoms with Gasteiger partial charge in [0.1, 0.15) is 18.1 Å². The van der Waals surface area contributed by atoms with E-state index in [1.165, 1.54) is 6.92 Å². The van der Waals surface area contributed by atoms with E-state index >= 15 is 0 Å². The molecule has 0 spiro atoms. The first-order valence-electron chi connectivity index (χ1n) is 12.0. The quantitative estimate of drug-likeness (QED) is 0.205. The number of nitrogens with one attached hydrogen (secondary N) is 4. The number of carbonyl (C=O) groups excluding carboxylic acids is 4. The summed E-state index contributed by atoms with van der Waals surface area (Å²) in [5, 5.41) is 19.1. The van der Waals surface area contributed by atoms with Crippen molar-refractivity contribution in [2.75, 3.05) is 6.54 Å². The van der Waals surface area contributed by atoms with Crippen molar-refractivity contribution in [1.29, 1.82) is 0 Å². The number of amides is 4. The molecule has 0 heterocycles. The van der Waals surface area contributed by atoms with Gasteiger partial charge in [-0.3, -0.25) is 19.2 Å². The lowest BCUT2D eigenvalue weighted by Crippen LogP contribution is -2.55. The van der Waals surface area contributed by atoms with Crippen molar-refractivity contribution in [2.45, 2.75) is 71.6 Å². The number of carbonyl (C=O) groups is 5. The Bertz CT molecular complexity index is 905. The van der Waals surface area contributed by atoms with Crippen molar-refractivity contribution < 1.29 is 29.1 Å². The van der Waals surface area contributed by atoms with Crippen molar-refractivity contribution in [3.05, 3.63) is 35.9 Å². The molecule has 200 valence electrons. The molecule has 7 N–H and O–H groups in total. The lowest BCUT2D eigenvalue weighted by Gasteiger charge is -2.23. The Hall–Kier alpha value is -3.47. The van der Waals surface area contributed by atoms with Crippen LogP contribution in [0.1, 0.15) is 46.6 Å². The van der Waals surface area contributed by atoms with Gasteiger partial charge in [0, 0.05) is 0 Å². The van der Waals surface area contributed by atoms with Crippen molar-refractivity contribution in [3.63, 3.8) is 0 Å². The minimum Gasteiger partial charge on any atom is -0.480 e. The number of benzene rings is 1. The fraction of sp³-hybridized carbons (Fsp3) is 0.560. The van der Waals surface area contributed by atoms with Crippen molar-refractivity contribution >= 4 is 29.6 Å². The molecule has 0 saturated heterocycles. The first kappa shape index (κ1) is 30.6. The topological polar surface area (TPSA) is 180 Å². The highest BCUT2D eigenvalue weighted by molar-refractivity contribution is 5.93. The Morgan fingerprint density at radius 2 is 1.47 bits per heavy atom. The van der Waals surface area contributed by atoms with Crippen LogP contribution in [-0.2, 0) is 30.4 Å². The van der Waals surface area contributed by atoms with Crippen LogP contribution in [0.3, 0.4) is 0 Å². The van der Waals surface area contributed by atoms with Gasteiger partial charge in [-0.25, -0.2) is 4.79 Å². The monoisotopic (exact) mass is 505 g/mol. The molecule has 0 saturated carbocycles. The zero-order valence-electron chi connectivity index (χ0n) is 21.5. The summed E-state index contributed by atoms with van der Waals surface area (Å²) in [7, 11) is 0. The molecule has 1 rings (SSSR count). The average molecular weight is 506 g/mol. The Balaban J connectivity index is 2.63. The second-order valence-corrected chi connectivity index (χ2v) is 9.56. The van der Waals surface area contributed by atoms with Crippen LogP contribution in [0.4, 0.5) is 0 Å². The standard InChI is InChI=1S/C25H39N5O6/c1-14(2)11-19(29-23(33)18(26)12-17-9-7-6-8-10-17)24(34)27-13-20(31)28-16(5)22(32)30-21(15(3)4)25(35)36/h6-10,14-16,18-19,21H,11-13,26H2,1-5H3,(H,27,34)(H,28,31)(H,29,33)(H,30,32)(H,35,36)/t16-,18-,19-,21-/m0/s1. The molecule has 0 fully saturated rings. The molecule has 11 nitrogen and oxygen atoms in total. The molecule has 0 aliphatic carbocycles. The third-order valence-corrected chi connectivity index (χ3v) is 5.40. The lowest BCUT2D eigenvalue weighted by atomic mass is 10.0. The molecule has 36 heavy (non-hydrogen) atoms. The van der Waals surface area contributed by atoms with E-state index < -0.39 is 60.3 Å². The maximum absolute atomic E-state index is 12.7. The first-order valence-corrected chi connectivity index (χ1v) is 12.0. The van der Waals surface area contributed by atoms with Gasteiger partial charge >= 0.3 is 5.97 Å². The highest BCUT2D eigenvalue weighted by Crippen LogP contribution is 2.07. The summed E-state index contributed by atoms with van der Waals surface area (Å²) in [6.45, 7) is 8.07.